The van der Waals surface area contributed by atoms with Gasteiger partial charge in [-0.15, -0.1) is 0 Å². The van der Waals surface area contributed by atoms with Crippen LogP contribution in [0.4, 0.5) is 0 Å². The Balaban J connectivity index is 1.56. The lowest BCUT2D eigenvalue weighted by molar-refractivity contribution is 0.145. The highest BCUT2D eigenvalue weighted by Crippen LogP contribution is 2.42. The molecule has 0 aliphatic heterocycles. The van der Waals surface area contributed by atoms with Crippen LogP contribution < -0.4 is 0 Å². The van der Waals surface area contributed by atoms with Crippen LogP contribution in [-0.4, -0.2) is 5.11 Å². The molecule has 0 radical (unpaired) electrons. The quantitative estimate of drug-likeness (QED) is 0.861. The van der Waals surface area contributed by atoms with Crippen LogP contribution in [0.5, 0.6) is 0 Å². The monoisotopic (exact) mass is 278 g/mol. The SMILES string of the molecule is OC(c1ccc(C2CCC2)cc1)C1CCc2ccccc21. The number of hydrogen-bond acceptors (Lipinski definition) is 1. The van der Waals surface area contributed by atoms with E-state index >= 15 is 0 Å². The number of aryl methyl sites for hydroxylation is 1. The first-order chi connectivity index (χ1) is 10.3. The normalized spacial score (nSPS) is 22.6. The smallest absolute Gasteiger partial charge is 0.0858 e. The molecule has 1 nitrogen and oxygen atoms in total. The molecule has 2 aliphatic carbocycles. The van der Waals surface area contributed by atoms with Crippen molar-refractivity contribution in [3.05, 3.63) is 70.8 Å². The van der Waals surface area contributed by atoms with E-state index in [9.17, 15) is 5.11 Å². The lowest BCUT2D eigenvalue weighted by Crippen LogP contribution is -2.10. The number of aliphatic hydroxyl groups excluding tert-OH is 1. The van der Waals surface area contributed by atoms with Crippen molar-refractivity contribution in [2.24, 2.45) is 0 Å². The van der Waals surface area contributed by atoms with Gasteiger partial charge in [0.15, 0.2) is 0 Å². The molecule has 2 aliphatic rings. The maximum atomic E-state index is 10.8. The topological polar surface area (TPSA) is 20.2 Å². The van der Waals surface area contributed by atoms with Gasteiger partial charge in [-0.3, -0.25) is 0 Å². The van der Waals surface area contributed by atoms with Gasteiger partial charge in [-0.25, -0.2) is 0 Å². The van der Waals surface area contributed by atoms with Crippen LogP contribution in [-0.2, 0) is 6.42 Å². The molecule has 2 aromatic rings. The number of benzene rings is 2. The molecule has 0 aromatic heterocycles. The van der Waals surface area contributed by atoms with Gasteiger partial charge < -0.3 is 5.11 Å². The summed E-state index contributed by atoms with van der Waals surface area (Å²) < 4.78 is 0. The van der Waals surface area contributed by atoms with E-state index in [4.69, 9.17) is 0 Å². The van der Waals surface area contributed by atoms with Gasteiger partial charge >= 0.3 is 0 Å². The summed E-state index contributed by atoms with van der Waals surface area (Å²) in [5, 5.41) is 10.8. The summed E-state index contributed by atoms with van der Waals surface area (Å²) in [6.45, 7) is 0. The highest BCUT2D eigenvalue weighted by molar-refractivity contribution is 5.38. The third kappa shape index (κ3) is 2.30. The van der Waals surface area contributed by atoms with Gasteiger partial charge in [-0.2, -0.15) is 0 Å². The van der Waals surface area contributed by atoms with Crippen molar-refractivity contribution in [2.75, 3.05) is 0 Å². The average molecular weight is 278 g/mol. The second-order valence-corrected chi connectivity index (χ2v) is 6.58. The van der Waals surface area contributed by atoms with Gasteiger partial charge in [0.25, 0.3) is 0 Å². The van der Waals surface area contributed by atoms with Gasteiger partial charge in [0.05, 0.1) is 6.10 Å². The highest BCUT2D eigenvalue weighted by Gasteiger charge is 2.29. The predicted molar refractivity (Wildman–Crippen MR) is 85.5 cm³/mol. The molecular weight excluding hydrogens is 256 g/mol. The lowest BCUT2D eigenvalue weighted by Gasteiger charge is -2.26. The van der Waals surface area contributed by atoms with Crippen molar-refractivity contribution in [3.8, 4) is 0 Å². The first-order valence-electron chi connectivity index (χ1n) is 8.18. The van der Waals surface area contributed by atoms with Crippen molar-refractivity contribution >= 4 is 0 Å². The molecule has 21 heavy (non-hydrogen) atoms. The van der Waals surface area contributed by atoms with Crippen LogP contribution in [0.2, 0.25) is 0 Å². The van der Waals surface area contributed by atoms with E-state index in [1.165, 1.54) is 36.0 Å². The standard InChI is InChI=1S/C20H22O/c21-20(19-13-12-16-4-1-2-7-18(16)19)17-10-8-15(9-11-17)14-5-3-6-14/h1-2,4,7-11,14,19-21H,3,5-6,12-13H2. The van der Waals surface area contributed by atoms with Crippen molar-refractivity contribution in [1.29, 1.82) is 0 Å². The minimum absolute atomic E-state index is 0.260. The molecule has 2 unspecified atom stereocenters. The fraction of sp³-hybridized carbons (Fsp3) is 0.400. The zero-order valence-corrected chi connectivity index (χ0v) is 12.3. The van der Waals surface area contributed by atoms with E-state index in [2.05, 4.69) is 48.5 Å². The van der Waals surface area contributed by atoms with Crippen LogP contribution in [0.25, 0.3) is 0 Å². The highest BCUT2D eigenvalue weighted by atomic mass is 16.3. The Labute approximate surface area is 126 Å². The zero-order chi connectivity index (χ0) is 14.2. The van der Waals surface area contributed by atoms with Crippen molar-refractivity contribution < 1.29 is 5.11 Å². The molecular formula is C20H22O. The molecule has 1 heteroatoms. The largest absolute Gasteiger partial charge is 0.388 e. The molecule has 1 fully saturated rings. The third-order valence-electron chi connectivity index (χ3n) is 5.41. The van der Waals surface area contributed by atoms with E-state index in [1.807, 2.05) is 0 Å². The van der Waals surface area contributed by atoms with Crippen LogP contribution in [0.3, 0.4) is 0 Å². The first kappa shape index (κ1) is 13.1. The Kier molecular flexibility index (Phi) is 3.31. The molecule has 0 amide bonds. The van der Waals surface area contributed by atoms with Crippen molar-refractivity contribution in [1.82, 2.24) is 0 Å². The van der Waals surface area contributed by atoms with Crippen LogP contribution in [0.15, 0.2) is 48.5 Å². The molecule has 0 saturated heterocycles. The van der Waals surface area contributed by atoms with Crippen molar-refractivity contribution in [2.45, 2.75) is 50.0 Å². The molecule has 0 heterocycles. The molecule has 0 spiro atoms. The molecule has 1 saturated carbocycles. The van der Waals surface area contributed by atoms with Crippen molar-refractivity contribution in [3.63, 3.8) is 0 Å². The summed E-state index contributed by atoms with van der Waals surface area (Å²) in [4.78, 5) is 0. The Hall–Kier alpha value is -1.60. The molecule has 2 aromatic carbocycles. The summed E-state index contributed by atoms with van der Waals surface area (Å²) in [6.07, 6.45) is 5.82. The summed E-state index contributed by atoms with van der Waals surface area (Å²) >= 11 is 0. The summed E-state index contributed by atoms with van der Waals surface area (Å²) in [7, 11) is 0. The van der Waals surface area contributed by atoms with Crippen LogP contribution in [0.1, 0.15) is 65.9 Å². The number of aliphatic hydroxyl groups is 1. The Morgan fingerprint density at radius 1 is 0.905 bits per heavy atom. The number of hydrogen-bond donors (Lipinski definition) is 1. The second kappa shape index (κ2) is 5.31. The first-order valence-corrected chi connectivity index (χ1v) is 8.18. The average Bonchev–Trinajstić information content (AvgIpc) is 2.89. The summed E-state index contributed by atoms with van der Waals surface area (Å²) in [5.41, 5.74) is 5.27. The maximum Gasteiger partial charge on any atom is 0.0858 e. The second-order valence-electron chi connectivity index (χ2n) is 6.58. The molecule has 0 bridgehead atoms. The molecule has 2 atom stereocenters. The third-order valence-corrected chi connectivity index (χ3v) is 5.41. The van der Waals surface area contributed by atoms with Gasteiger partial charge in [-0.1, -0.05) is 55.0 Å². The van der Waals surface area contributed by atoms with Gasteiger partial charge in [0, 0.05) is 5.92 Å². The van der Waals surface area contributed by atoms with Gasteiger partial charge in [-0.05, 0) is 53.9 Å². The Morgan fingerprint density at radius 2 is 1.67 bits per heavy atom. The van der Waals surface area contributed by atoms with E-state index < -0.39 is 0 Å². The summed E-state index contributed by atoms with van der Waals surface area (Å²) in [5.74, 6) is 1.03. The van der Waals surface area contributed by atoms with Gasteiger partial charge in [0.1, 0.15) is 0 Å². The van der Waals surface area contributed by atoms with Gasteiger partial charge in [0.2, 0.25) is 0 Å². The summed E-state index contributed by atoms with van der Waals surface area (Å²) in [6, 6.07) is 17.3. The fourth-order valence-electron chi connectivity index (χ4n) is 3.86. The molecule has 1 N–H and O–H groups in total. The van der Waals surface area contributed by atoms with Crippen LogP contribution >= 0.6 is 0 Å². The van der Waals surface area contributed by atoms with E-state index in [0.29, 0.717) is 0 Å². The molecule has 4 rings (SSSR count). The maximum absolute atomic E-state index is 10.8. The minimum Gasteiger partial charge on any atom is -0.388 e. The van der Waals surface area contributed by atoms with Crippen LogP contribution in [0, 0.1) is 0 Å². The molecule has 108 valence electrons. The Bertz CT molecular complexity index is 625. The van der Waals surface area contributed by atoms with E-state index in [-0.39, 0.29) is 12.0 Å². The zero-order valence-electron chi connectivity index (χ0n) is 12.3. The fourth-order valence-corrected chi connectivity index (χ4v) is 3.86. The predicted octanol–water partition coefficient (Wildman–Crippen LogP) is 4.72. The lowest BCUT2D eigenvalue weighted by atomic mass is 9.79. The minimum atomic E-state index is -0.371. The number of fused-ring (bicyclic) bond motifs is 1. The Morgan fingerprint density at radius 3 is 2.38 bits per heavy atom. The number of rotatable bonds is 3. The van der Waals surface area contributed by atoms with E-state index in [0.717, 1.165) is 24.3 Å². The van der Waals surface area contributed by atoms with E-state index in [1.54, 1.807) is 0 Å².